The molecule has 0 aliphatic carbocycles. The van der Waals surface area contributed by atoms with Gasteiger partial charge in [0.25, 0.3) is 5.91 Å². The van der Waals surface area contributed by atoms with Crippen molar-refractivity contribution in [1.82, 2.24) is 4.90 Å². The summed E-state index contributed by atoms with van der Waals surface area (Å²) in [6.45, 7) is 5.91. The van der Waals surface area contributed by atoms with Crippen molar-refractivity contribution in [2.75, 3.05) is 13.1 Å². The summed E-state index contributed by atoms with van der Waals surface area (Å²) in [7, 11) is 0. The number of piperidine rings is 1. The van der Waals surface area contributed by atoms with Crippen LogP contribution in [0.2, 0.25) is 10.0 Å². The second kappa shape index (κ2) is 5.50. The van der Waals surface area contributed by atoms with Crippen molar-refractivity contribution < 1.29 is 4.79 Å². The standard InChI is InChI=1S/C14H17Cl2NO/c1-9-6-10(2)8-17(7-9)14(18)13-11(15)4-3-5-12(13)16/h3-5,9-10H,6-8H2,1-2H3/t9-,10+. The van der Waals surface area contributed by atoms with Crippen LogP contribution in [-0.2, 0) is 0 Å². The summed E-state index contributed by atoms with van der Waals surface area (Å²) >= 11 is 12.2. The van der Waals surface area contributed by atoms with E-state index in [0.29, 0.717) is 27.4 Å². The van der Waals surface area contributed by atoms with Crippen LogP contribution in [-0.4, -0.2) is 23.9 Å². The number of amides is 1. The summed E-state index contributed by atoms with van der Waals surface area (Å²) in [5, 5.41) is 0.858. The van der Waals surface area contributed by atoms with E-state index in [1.807, 2.05) is 4.90 Å². The molecular formula is C14H17Cl2NO. The first-order valence-electron chi connectivity index (χ1n) is 6.22. The van der Waals surface area contributed by atoms with Crippen LogP contribution in [0.25, 0.3) is 0 Å². The summed E-state index contributed by atoms with van der Waals surface area (Å²) in [6, 6.07) is 5.16. The summed E-state index contributed by atoms with van der Waals surface area (Å²) in [5.41, 5.74) is 0.433. The van der Waals surface area contributed by atoms with Gasteiger partial charge in [-0.15, -0.1) is 0 Å². The average molecular weight is 286 g/mol. The van der Waals surface area contributed by atoms with Crippen molar-refractivity contribution in [2.24, 2.45) is 11.8 Å². The fraction of sp³-hybridized carbons (Fsp3) is 0.500. The second-order valence-corrected chi connectivity index (χ2v) is 6.07. The third-order valence-corrected chi connectivity index (χ3v) is 3.96. The maximum Gasteiger partial charge on any atom is 0.256 e. The fourth-order valence-electron chi connectivity index (χ4n) is 2.69. The Bertz CT molecular complexity index is 431. The molecule has 2 nitrogen and oxygen atoms in total. The number of halogens is 2. The van der Waals surface area contributed by atoms with Crippen LogP contribution >= 0.6 is 23.2 Å². The molecule has 1 aliphatic rings. The zero-order chi connectivity index (χ0) is 13.3. The molecule has 0 aromatic heterocycles. The molecule has 1 heterocycles. The van der Waals surface area contributed by atoms with Gasteiger partial charge in [0.05, 0.1) is 15.6 Å². The van der Waals surface area contributed by atoms with Gasteiger partial charge in [0.15, 0.2) is 0 Å². The highest BCUT2D eigenvalue weighted by Crippen LogP contribution is 2.28. The molecule has 0 bridgehead atoms. The Morgan fingerprint density at radius 3 is 2.17 bits per heavy atom. The summed E-state index contributed by atoms with van der Waals surface area (Å²) in [5.74, 6) is 1.00. The summed E-state index contributed by atoms with van der Waals surface area (Å²) in [6.07, 6.45) is 1.17. The predicted molar refractivity (Wildman–Crippen MR) is 75.3 cm³/mol. The second-order valence-electron chi connectivity index (χ2n) is 5.25. The lowest BCUT2D eigenvalue weighted by molar-refractivity contribution is 0.0623. The van der Waals surface area contributed by atoms with Crippen LogP contribution in [0.5, 0.6) is 0 Å². The maximum absolute atomic E-state index is 12.5. The molecule has 0 unspecified atom stereocenters. The zero-order valence-corrected chi connectivity index (χ0v) is 12.1. The van der Waals surface area contributed by atoms with Gasteiger partial charge in [-0.3, -0.25) is 4.79 Å². The number of carbonyl (C=O) groups is 1. The molecule has 2 atom stereocenters. The predicted octanol–water partition coefficient (Wildman–Crippen LogP) is 4.11. The topological polar surface area (TPSA) is 20.3 Å². The number of hydrogen-bond acceptors (Lipinski definition) is 1. The van der Waals surface area contributed by atoms with E-state index in [9.17, 15) is 4.79 Å². The van der Waals surface area contributed by atoms with Gasteiger partial charge >= 0.3 is 0 Å². The number of benzene rings is 1. The lowest BCUT2D eigenvalue weighted by atomic mass is 9.91. The molecule has 1 fully saturated rings. The van der Waals surface area contributed by atoms with Gasteiger partial charge in [-0.1, -0.05) is 43.1 Å². The Labute approximate surface area is 118 Å². The van der Waals surface area contributed by atoms with Gasteiger partial charge in [0, 0.05) is 13.1 Å². The Morgan fingerprint density at radius 1 is 1.17 bits per heavy atom. The van der Waals surface area contributed by atoms with Crippen molar-refractivity contribution in [3.63, 3.8) is 0 Å². The first-order chi connectivity index (χ1) is 8.49. The number of likely N-dealkylation sites (tertiary alicyclic amines) is 1. The summed E-state index contributed by atoms with van der Waals surface area (Å²) < 4.78 is 0. The van der Waals surface area contributed by atoms with Gasteiger partial charge in [0.1, 0.15) is 0 Å². The van der Waals surface area contributed by atoms with Gasteiger partial charge in [-0.25, -0.2) is 0 Å². The van der Waals surface area contributed by atoms with E-state index >= 15 is 0 Å². The Morgan fingerprint density at radius 2 is 1.67 bits per heavy atom. The van der Waals surface area contributed by atoms with Crippen molar-refractivity contribution >= 4 is 29.1 Å². The van der Waals surface area contributed by atoms with Crippen molar-refractivity contribution in [1.29, 1.82) is 0 Å². The van der Waals surface area contributed by atoms with Gasteiger partial charge in [-0.05, 0) is 30.4 Å². The van der Waals surface area contributed by atoms with Crippen LogP contribution in [0, 0.1) is 11.8 Å². The number of nitrogens with zero attached hydrogens (tertiary/aromatic N) is 1. The number of carbonyl (C=O) groups excluding carboxylic acids is 1. The molecule has 98 valence electrons. The molecule has 4 heteroatoms. The first-order valence-corrected chi connectivity index (χ1v) is 6.98. The molecule has 0 saturated carbocycles. The van der Waals surface area contributed by atoms with Gasteiger partial charge in [-0.2, -0.15) is 0 Å². The van der Waals surface area contributed by atoms with E-state index < -0.39 is 0 Å². The molecule has 1 aromatic rings. The Kier molecular flexibility index (Phi) is 4.18. The van der Waals surface area contributed by atoms with E-state index in [0.717, 1.165) is 13.1 Å². The minimum Gasteiger partial charge on any atom is -0.338 e. The molecule has 0 N–H and O–H groups in total. The molecule has 0 spiro atoms. The highest BCUT2D eigenvalue weighted by atomic mass is 35.5. The van der Waals surface area contributed by atoms with E-state index in [4.69, 9.17) is 23.2 Å². The maximum atomic E-state index is 12.5. The lowest BCUT2D eigenvalue weighted by Gasteiger charge is -2.35. The van der Waals surface area contributed by atoms with E-state index in [1.54, 1.807) is 18.2 Å². The Balaban J connectivity index is 2.26. The fourth-order valence-corrected chi connectivity index (χ4v) is 3.25. The van der Waals surface area contributed by atoms with Crippen LogP contribution < -0.4 is 0 Å². The first kappa shape index (κ1) is 13.7. The monoisotopic (exact) mass is 285 g/mol. The minimum atomic E-state index is -0.0519. The lowest BCUT2D eigenvalue weighted by Crippen LogP contribution is -2.42. The normalized spacial score (nSPS) is 24.1. The van der Waals surface area contributed by atoms with Crippen LogP contribution in [0.15, 0.2) is 18.2 Å². The molecule has 0 radical (unpaired) electrons. The number of rotatable bonds is 1. The zero-order valence-electron chi connectivity index (χ0n) is 10.6. The van der Waals surface area contributed by atoms with Gasteiger partial charge in [0.2, 0.25) is 0 Å². The highest BCUT2D eigenvalue weighted by Gasteiger charge is 2.28. The smallest absolute Gasteiger partial charge is 0.256 e. The van der Waals surface area contributed by atoms with Crippen LogP contribution in [0.1, 0.15) is 30.6 Å². The van der Waals surface area contributed by atoms with Crippen molar-refractivity contribution in [3.05, 3.63) is 33.8 Å². The van der Waals surface area contributed by atoms with E-state index in [-0.39, 0.29) is 5.91 Å². The molecule has 1 aliphatic heterocycles. The third-order valence-electron chi connectivity index (χ3n) is 3.33. The highest BCUT2D eigenvalue weighted by molar-refractivity contribution is 6.39. The molecule has 1 saturated heterocycles. The van der Waals surface area contributed by atoms with Gasteiger partial charge < -0.3 is 4.90 Å². The van der Waals surface area contributed by atoms with Crippen LogP contribution in [0.4, 0.5) is 0 Å². The molecule has 1 amide bonds. The third kappa shape index (κ3) is 2.81. The quantitative estimate of drug-likeness (QED) is 0.760. The summed E-state index contributed by atoms with van der Waals surface area (Å²) in [4.78, 5) is 14.4. The van der Waals surface area contributed by atoms with E-state index in [2.05, 4.69) is 13.8 Å². The SMILES string of the molecule is C[C@@H]1C[C@H](C)CN(C(=O)c2c(Cl)cccc2Cl)C1. The molecular weight excluding hydrogens is 269 g/mol. The largest absolute Gasteiger partial charge is 0.338 e. The number of hydrogen-bond donors (Lipinski definition) is 0. The van der Waals surface area contributed by atoms with Crippen molar-refractivity contribution in [2.45, 2.75) is 20.3 Å². The van der Waals surface area contributed by atoms with Crippen LogP contribution in [0.3, 0.4) is 0 Å². The minimum absolute atomic E-state index is 0.0519. The molecule has 1 aromatic carbocycles. The Hall–Kier alpha value is -0.730. The van der Waals surface area contributed by atoms with E-state index in [1.165, 1.54) is 6.42 Å². The average Bonchev–Trinajstić information content (AvgIpc) is 2.27. The van der Waals surface area contributed by atoms with Crippen molar-refractivity contribution in [3.8, 4) is 0 Å². The molecule has 18 heavy (non-hydrogen) atoms. The molecule has 2 rings (SSSR count).